The predicted molar refractivity (Wildman–Crippen MR) is 148 cm³/mol. The Morgan fingerprint density at radius 2 is 1.82 bits per heavy atom. The third kappa shape index (κ3) is 5.13. The van der Waals surface area contributed by atoms with Crippen LogP contribution in [0.25, 0.3) is 11.1 Å². The molecule has 0 unspecified atom stereocenters. The maximum absolute atomic E-state index is 13.7. The number of piperidine rings is 1. The third-order valence-electron chi connectivity index (χ3n) is 8.72. The Morgan fingerprint density at radius 3 is 2.47 bits per heavy atom. The monoisotopic (exact) mass is 539 g/mol. The average molecular weight is 540 g/mol. The topological polar surface area (TPSA) is 89.9 Å². The summed E-state index contributed by atoms with van der Waals surface area (Å²) < 4.78 is 0. The summed E-state index contributed by atoms with van der Waals surface area (Å²) in [6.07, 6.45) is 9.29. The molecule has 1 N–H and O–H groups in total. The van der Waals surface area contributed by atoms with E-state index in [2.05, 4.69) is 14.8 Å². The lowest BCUT2D eigenvalue weighted by atomic mass is 9.78. The highest BCUT2D eigenvalue weighted by Crippen LogP contribution is 2.44. The van der Waals surface area contributed by atoms with Crippen molar-refractivity contribution in [3.8, 4) is 11.1 Å². The zero-order valence-corrected chi connectivity index (χ0v) is 23.2. The number of pyridine rings is 2. The lowest BCUT2D eigenvalue weighted by Gasteiger charge is -2.41. The molecular formula is C29H38ClN5O3. The number of carbonyl (C=O) groups excluding carboxylic acids is 2. The van der Waals surface area contributed by atoms with Crippen molar-refractivity contribution < 1.29 is 14.7 Å². The maximum Gasteiger partial charge on any atom is 0.272 e. The molecule has 2 saturated heterocycles. The van der Waals surface area contributed by atoms with Gasteiger partial charge in [0.1, 0.15) is 11.5 Å². The van der Waals surface area contributed by atoms with E-state index in [9.17, 15) is 14.7 Å². The number of rotatable bonds is 6. The lowest BCUT2D eigenvalue weighted by Crippen LogP contribution is -2.50. The lowest BCUT2D eigenvalue weighted by molar-refractivity contribution is -0.139. The smallest absolute Gasteiger partial charge is 0.272 e. The van der Waals surface area contributed by atoms with Gasteiger partial charge in [-0.15, -0.1) is 0 Å². The van der Waals surface area contributed by atoms with Crippen molar-refractivity contribution in [1.82, 2.24) is 19.8 Å². The van der Waals surface area contributed by atoms with E-state index >= 15 is 0 Å². The fourth-order valence-electron chi connectivity index (χ4n) is 6.44. The number of aliphatic hydroxyl groups is 1. The van der Waals surface area contributed by atoms with Gasteiger partial charge in [0.05, 0.1) is 16.5 Å². The van der Waals surface area contributed by atoms with Crippen LogP contribution < -0.4 is 4.90 Å². The normalized spacial score (nSPS) is 25.7. The molecule has 0 radical (unpaired) electrons. The summed E-state index contributed by atoms with van der Waals surface area (Å²) >= 11 is 6.76. The Morgan fingerprint density at radius 1 is 1.08 bits per heavy atom. The number of carbonyl (C=O) groups is 2. The van der Waals surface area contributed by atoms with Gasteiger partial charge >= 0.3 is 0 Å². The van der Waals surface area contributed by atoms with Crippen LogP contribution in [0.4, 0.5) is 5.82 Å². The third-order valence-corrected chi connectivity index (χ3v) is 9.00. The fourth-order valence-corrected chi connectivity index (χ4v) is 6.73. The van der Waals surface area contributed by atoms with Gasteiger partial charge in [-0.2, -0.15) is 0 Å². The Hall–Kier alpha value is -2.71. The van der Waals surface area contributed by atoms with Crippen molar-refractivity contribution in [3.05, 3.63) is 41.3 Å². The Kier molecular flexibility index (Phi) is 7.91. The SMILES string of the molecule is CCN(CC)C(=O)c1ccc(-c2cnc(N3CCC[C@]4(CCN([C@H]5CC[C@@H](O)CC5)C4=O)C3)c(Cl)c2)cn1. The van der Waals surface area contributed by atoms with Gasteiger partial charge in [0, 0.05) is 62.3 Å². The molecule has 0 bridgehead atoms. The van der Waals surface area contributed by atoms with E-state index in [1.807, 2.05) is 26.0 Å². The summed E-state index contributed by atoms with van der Waals surface area (Å²) in [4.78, 5) is 41.4. The van der Waals surface area contributed by atoms with Gasteiger partial charge in [-0.25, -0.2) is 4.98 Å². The van der Waals surface area contributed by atoms with Crippen molar-refractivity contribution >= 4 is 29.2 Å². The molecule has 1 atom stereocenters. The van der Waals surface area contributed by atoms with Crippen LogP contribution in [0.5, 0.6) is 0 Å². The molecule has 204 valence electrons. The second-order valence-electron chi connectivity index (χ2n) is 11.0. The van der Waals surface area contributed by atoms with Gasteiger partial charge in [0.2, 0.25) is 5.91 Å². The molecule has 2 aromatic rings. The largest absolute Gasteiger partial charge is 0.393 e. The first-order valence-corrected chi connectivity index (χ1v) is 14.4. The second-order valence-corrected chi connectivity index (χ2v) is 11.4. The van der Waals surface area contributed by atoms with Crippen molar-refractivity contribution in [2.75, 3.05) is 37.6 Å². The van der Waals surface area contributed by atoms with Crippen LogP contribution in [0, 0.1) is 5.41 Å². The highest BCUT2D eigenvalue weighted by molar-refractivity contribution is 6.33. The molecule has 5 rings (SSSR count). The van der Waals surface area contributed by atoms with Crippen molar-refractivity contribution in [1.29, 1.82) is 0 Å². The molecule has 38 heavy (non-hydrogen) atoms. The number of hydrogen-bond acceptors (Lipinski definition) is 6. The van der Waals surface area contributed by atoms with E-state index in [0.717, 1.165) is 69.2 Å². The van der Waals surface area contributed by atoms with Gasteiger partial charge in [-0.3, -0.25) is 14.6 Å². The number of halogens is 1. The minimum absolute atomic E-state index is 0.0758. The Bertz CT molecular complexity index is 1160. The van der Waals surface area contributed by atoms with Gasteiger partial charge in [-0.05, 0) is 70.9 Å². The summed E-state index contributed by atoms with van der Waals surface area (Å²) in [5, 5.41) is 10.4. The summed E-state index contributed by atoms with van der Waals surface area (Å²) in [5.74, 6) is 0.901. The molecular weight excluding hydrogens is 502 g/mol. The summed E-state index contributed by atoms with van der Waals surface area (Å²) in [6, 6.07) is 5.77. The minimum Gasteiger partial charge on any atom is -0.393 e. The fraction of sp³-hybridized carbons (Fsp3) is 0.586. The molecule has 3 fully saturated rings. The first kappa shape index (κ1) is 26.9. The number of likely N-dealkylation sites (tertiary alicyclic amines) is 1. The van der Waals surface area contributed by atoms with E-state index in [1.54, 1.807) is 23.4 Å². The van der Waals surface area contributed by atoms with Crippen LogP contribution in [-0.4, -0.2) is 81.6 Å². The number of aromatic nitrogens is 2. The van der Waals surface area contributed by atoms with Crippen LogP contribution in [0.1, 0.15) is 69.3 Å². The van der Waals surface area contributed by atoms with Gasteiger partial charge in [0.15, 0.2) is 0 Å². The molecule has 0 aromatic carbocycles. The zero-order chi connectivity index (χ0) is 26.9. The predicted octanol–water partition coefficient (Wildman–Crippen LogP) is 4.40. The van der Waals surface area contributed by atoms with Crippen LogP contribution in [-0.2, 0) is 4.79 Å². The molecule has 1 spiro atoms. The van der Waals surface area contributed by atoms with Crippen molar-refractivity contribution in [2.24, 2.45) is 5.41 Å². The number of hydrogen-bond donors (Lipinski definition) is 1. The van der Waals surface area contributed by atoms with Crippen LogP contribution in [0.2, 0.25) is 5.02 Å². The zero-order valence-electron chi connectivity index (χ0n) is 22.4. The molecule has 1 aliphatic carbocycles. The van der Waals surface area contributed by atoms with Gasteiger partial charge in [0.25, 0.3) is 5.91 Å². The summed E-state index contributed by atoms with van der Waals surface area (Å²) in [5.41, 5.74) is 1.72. The van der Waals surface area contributed by atoms with Gasteiger partial charge < -0.3 is 19.8 Å². The standard InChI is InChI=1S/C29H38ClN5O3/c1-3-33(4-2)27(37)25-11-6-20(17-31-25)21-16-24(30)26(32-18-21)34-14-5-12-29(19-34)13-15-35(28(29)38)22-7-9-23(36)10-8-22/h6,11,16-18,22-23,36H,3-5,7-10,12-15,19H2,1-2H3/t22-,23+,29-/m0/s1. The number of anilines is 1. The molecule has 1 saturated carbocycles. The van der Waals surface area contributed by atoms with E-state index in [-0.39, 0.29) is 29.4 Å². The summed E-state index contributed by atoms with van der Waals surface area (Å²) in [6.45, 7) is 7.45. The first-order chi connectivity index (χ1) is 18.3. The molecule has 8 nitrogen and oxygen atoms in total. The van der Waals surface area contributed by atoms with Crippen LogP contribution in [0.15, 0.2) is 30.6 Å². The van der Waals surface area contributed by atoms with Gasteiger partial charge in [-0.1, -0.05) is 17.7 Å². The highest BCUT2D eigenvalue weighted by atomic mass is 35.5. The molecule has 2 aromatic heterocycles. The Labute approximate surface area is 230 Å². The highest BCUT2D eigenvalue weighted by Gasteiger charge is 2.51. The molecule has 4 heterocycles. The number of nitrogens with zero attached hydrogens (tertiary/aromatic N) is 5. The Balaban J connectivity index is 1.29. The van der Waals surface area contributed by atoms with E-state index in [0.29, 0.717) is 36.2 Å². The quantitative estimate of drug-likeness (QED) is 0.585. The molecule has 9 heteroatoms. The van der Waals surface area contributed by atoms with Crippen LogP contribution >= 0.6 is 11.6 Å². The first-order valence-electron chi connectivity index (χ1n) is 14.0. The average Bonchev–Trinajstić information content (AvgIpc) is 3.24. The van der Waals surface area contributed by atoms with E-state index < -0.39 is 0 Å². The van der Waals surface area contributed by atoms with Crippen molar-refractivity contribution in [2.45, 2.75) is 70.9 Å². The summed E-state index contributed by atoms with van der Waals surface area (Å²) in [7, 11) is 0. The molecule has 2 amide bonds. The van der Waals surface area contributed by atoms with Crippen LogP contribution in [0.3, 0.4) is 0 Å². The number of aliphatic hydroxyl groups excluding tert-OH is 1. The second kappa shape index (κ2) is 11.2. The van der Waals surface area contributed by atoms with E-state index in [1.165, 1.54) is 0 Å². The molecule has 2 aliphatic heterocycles. The number of amides is 2. The van der Waals surface area contributed by atoms with Crippen molar-refractivity contribution in [3.63, 3.8) is 0 Å². The molecule has 3 aliphatic rings. The minimum atomic E-state index is -0.380. The van der Waals surface area contributed by atoms with E-state index in [4.69, 9.17) is 16.6 Å². The maximum atomic E-state index is 13.7.